The molecule has 0 amide bonds. The third-order valence-corrected chi connectivity index (χ3v) is 4.13. The first kappa shape index (κ1) is 16.1. The van der Waals surface area contributed by atoms with Crippen LogP contribution in [0.15, 0.2) is 29.2 Å². The average molecular weight is 329 g/mol. The van der Waals surface area contributed by atoms with E-state index in [4.69, 9.17) is 22.1 Å². The van der Waals surface area contributed by atoms with Crippen molar-refractivity contribution in [2.75, 3.05) is 0 Å². The maximum atomic E-state index is 11.7. The van der Waals surface area contributed by atoms with Crippen LogP contribution in [-0.2, 0) is 0 Å². The van der Waals surface area contributed by atoms with Crippen LogP contribution in [0, 0.1) is 0 Å². The number of hydrogen-bond acceptors (Lipinski definition) is 3. The number of aromatic nitrogens is 1. The molecule has 4 nitrogen and oxygen atoms in total. The third-order valence-electron chi connectivity index (χ3n) is 3.84. The second-order valence-corrected chi connectivity index (χ2v) is 5.74. The lowest BCUT2D eigenvalue weighted by molar-refractivity contribution is 0.147. The van der Waals surface area contributed by atoms with Crippen molar-refractivity contribution < 1.29 is 4.74 Å². The number of nitrogens with two attached hydrogens (primary N) is 1. The summed E-state index contributed by atoms with van der Waals surface area (Å²) >= 11 is 6.22. The summed E-state index contributed by atoms with van der Waals surface area (Å²) in [4.78, 5) is 14.3. The molecule has 1 saturated carbocycles. The van der Waals surface area contributed by atoms with E-state index in [1.54, 1.807) is 12.3 Å². The van der Waals surface area contributed by atoms with Crippen LogP contribution in [0.4, 0.5) is 0 Å². The van der Waals surface area contributed by atoms with Crippen LogP contribution < -0.4 is 16.0 Å². The Bertz CT molecular complexity index is 679. The van der Waals surface area contributed by atoms with Gasteiger partial charge in [0.15, 0.2) is 0 Å². The molecule has 1 aliphatic rings. The Morgan fingerprint density at radius 2 is 1.95 bits per heavy atom. The van der Waals surface area contributed by atoms with Gasteiger partial charge in [0.2, 0.25) is 0 Å². The monoisotopic (exact) mass is 328 g/mol. The van der Waals surface area contributed by atoms with Gasteiger partial charge in [-0.1, -0.05) is 11.6 Å². The molecule has 6 heteroatoms. The Labute approximate surface area is 134 Å². The zero-order valence-electron chi connectivity index (χ0n) is 11.5. The van der Waals surface area contributed by atoms with E-state index < -0.39 is 0 Å². The highest BCUT2D eigenvalue weighted by molar-refractivity contribution is 6.32. The van der Waals surface area contributed by atoms with Crippen molar-refractivity contribution in [2.24, 2.45) is 5.73 Å². The van der Waals surface area contributed by atoms with Gasteiger partial charge in [0.25, 0.3) is 5.56 Å². The molecule has 2 aromatic rings. The van der Waals surface area contributed by atoms with Gasteiger partial charge in [0.05, 0.1) is 11.1 Å². The first-order valence-corrected chi connectivity index (χ1v) is 7.24. The second kappa shape index (κ2) is 6.69. The maximum absolute atomic E-state index is 11.7. The predicted molar refractivity (Wildman–Crippen MR) is 87.7 cm³/mol. The molecule has 0 saturated heterocycles. The topological polar surface area (TPSA) is 68.1 Å². The molecular weight excluding hydrogens is 311 g/mol. The average Bonchev–Trinajstić information content (AvgIpc) is 2.43. The van der Waals surface area contributed by atoms with Crippen molar-refractivity contribution in [1.82, 2.24) is 4.98 Å². The van der Waals surface area contributed by atoms with Crippen LogP contribution in [0.1, 0.15) is 25.7 Å². The summed E-state index contributed by atoms with van der Waals surface area (Å²) in [5.74, 6) is 0.644. The Morgan fingerprint density at radius 1 is 1.24 bits per heavy atom. The number of nitrogens with one attached hydrogen (secondary N) is 1. The number of benzene rings is 1. The highest BCUT2D eigenvalue weighted by Gasteiger charge is 2.20. The van der Waals surface area contributed by atoms with Crippen molar-refractivity contribution in [3.05, 3.63) is 39.8 Å². The molecule has 1 fully saturated rings. The molecule has 3 N–H and O–H groups in total. The van der Waals surface area contributed by atoms with Gasteiger partial charge in [-0.3, -0.25) is 4.79 Å². The molecule has 0 radical (unpaired) electrons. The van der Waals surface area contributed by atoms with Crippen LogP contribution in [-0.4, -0.2) is 17.1 Å². The first-order chi connectivity index (χ1) is 9.63. The number of halogens is 2. The van der Waals surface area contributed by atoms with Crippen LogP contribution in [0.2, 0.25) is 5.02 Å². The fourth-order valence-electron chi connectivity index (χ4n) is 2.66. The maximum Gasteiger partial charge on any atom is 0.255 e. The standard InChI is InChI=1S/C15H17ClN2O2.ClH/c16-13-8-12-9(5-6-18-15(12)19)7-14(13)20-11-3-1-10(17)2-4-11;/h5-8,10-11H,1-4,17H2,(H,18,19);1H/t10-,11+;. The summed E-state index contributed by atoms with van der Waals surface area (Å²) in [6.07, 6.45) is 5.65. The molecule has 0 bridgehead atoms. The van der Waals surface area contributed by atoms with Crippen molar-refractivity contribution in [3.8, 4) is 5.75 Å². The molecule has 114 valence electrons. The molecule has 1 aliphatic carbocycles. The van der Waals surface area contributed by atoms with Gasteiger partial charge in [-0.2, -0.15) is 0 Å². The molecule has 0 atom stereocenters. The molecule has 1 aromatic carbocycles. The number of fused-ring (bicyclic) bond motifs is 1. The van der Waals surface area contributed by atoms with E-state index in [0.717, 1.165) is 31.1 Å². The van der Waals surface area contributed by atoms with E-state index in [9.17, 15) is 4.79 Å². The van der Waals surface area contributed by atoms with Gasteiger partial charge in [0.1, 0.15) is 5.75 Å². The Balaban J connectivity index is 0.00000161. The van der Waals surface area contributed by atoms with E-state index in [0.29, 0.717) is 22.2 Å². The lowest BCUT2D eigenvalue weighted by atomic mass is 9.94. The Hall–Kier alpha value is -1.23. The van der Waals surface area contributed by atoms with Gasteiger partial charge in [-0.05, 0) is 49.3 Å². The lowest BCUT2D eigenvalue weighted by Gasteiger charge is -2.27. The second-order valence-electron chi connectivity index (χ2n) is 5.33. The van der Waals surface area contributed by atoms with Crippen molar-refractivity contribution in [1.29, 1.82) is 0 Å². The number of ether oxygens (including phenoxy) is 1. The van der Waals surface area contributed by atoms with Crippen LogP contribution >= 0.6 is 24.0 Å². The highest BCUT2D eigenvalue weighted by Crippen LogP contribution is 2.31. The number of hydrogen-bond donors (Lipinski definition) is 2. The summed E-state index contributed by atoms with van der Waals surface area (Å²) in [5.41, 5.74) is 5.75. The van der Waals surface area contributed by atoms with Gasteiger partial charge in [-0.15, -0.1) is 12.4 Å². The van der Waals surface area contributed by atoms with Crippen molar-refractivity contribution >= 4 is 34.8 Å². The number of rotatable bonds is 2. The molecule has 0 spiro atoms. The molecule has 0 aliphatic heterocycles. The highest BCUT2D eigenvalue weighted by atomic mass is 35.5. The zero-order valence-corrected chi connectivity index (χ0v) is 13.0. The van der Waals surface area contributed by atoms with Gasteiger partial charge in [-0.25, -0.2) is 0 Å². The van der Waals surface area contributed by atoms with Crippen LogP contribution in [0.3, 0.4) is 0 Å². The SMILES string of the molecule is Cl.N[C@H]1CC[C@@H](Oc2cc3cc[nH]c(=O)c3cc2Cl)CC1. The normalized spacial score (nSPS) is 21.8. The molecular formula is C15H18Cl2N2O2. The van der Waals surface area contributed by atoms with E-state index in [2.05, 4.69) is 4.98 Å². The van der Waals surface area contributed by atoms with Crippen molar-refractivity contribution in [2.45, 2.75) is 37.8 Å². The lowest BCUT2D eigenvalue weighted by Crippen LogP contribution is -2.31. The summed E-state index contributed by atoms with van der Waals surface area (Å²) in [7, 11) is 0. The minimum absolute atomic E-state index is 0. The van der Waals surface area contributed by atoms with E-state index in [-0.39, 0.29) is 24.1 Å². The molecule has 21 heavy (non-hydrogen) atoms. The number of pyridine rings is 1. The fourth-order valence-corrected chi connectivity index (χ4v) is 2.87. The minimum atomic E-state index is -0.139. The minimum Gasteiger partial charge on any atom is -0.489 e. The van der Waals surface area contributed by atoms with Crippen LogP contribution in [0.5, 0.6) is 5.75 Å². The smallest absolute Gasteiger partial charge is 0.255 e. The third kappa shape index (κ3) is 3.51. The first-order valence-electron chi connectivity index (χ1n) is 6.86. The number of H-pyrrole nitrogens is 1. The fraction of sp³-hybridized carbons (Fsp3) is 0.400. The predicted octanol–water partition coefficient (Wildman–Crippen LogP) is 3.25. The summed E-state index contributed by atoms with van der Waals surface area (Å²) in [6.45, 7) is 0. The quantitative estimate of drug-likeness (QED) is 0.889. The Morgan fingerprint density at radius 3 is 2.67 bits per heavy atom. The van der Waals surface area contributed by atoms with Gasteiger partial charge < -0.3 is 15.5 Å². The van der Waals surface area contributed by atoms with Gasteiger partial charge >= 0.3 is 0 Å². The molecule has 1 aromatic heterocycles. The van der Waals surface area contributed by atoms with E-state index >= 15 is 0 Å². The zero-order chi connectivity index (χ0) is 14.1. The van der Waals surface area contributed by atoms with E-state index in [1.165, 1.54) is 0 Å². The van der Waals surface area contributed by atoms with Crippen molar-refractivity contribution in [3.63, 3.8) is 0 Å². The molecule has 3 rings (SSSR count). The summed E-state index contributed by atoms with van der Waals surface area (Å²) < 4.78 is 5.98. The van der Waals surface area contributed by atoms with Crippen LogP contribution in [0.25, 0.3) is 10.8 Å². The molecule has 0 unspecified atom stereocenters. The summed E-state index contributed by atoms with van der Waals surface area (Å²) in [5, 5.41) is 1.89. The largest absolute Gasteiger partial charge is 0.489 e. The Kier molecular flexibility index (Phi) is 5.14. The number of aromatic amines is 1. The van der Waals surface area contributed by atoms with Gasteiger partial charge in [0, 0.05) is 17.6 Å². The van der Waals surface area contributed by atoms with E-state index in [1.807, 2.05) is 12.1 Å². The summed E-state index contributed by atoms with van der Waals surface area (Å²) in [6, 6.07) is 5.64. The molecule has 1 heterocycles.